The van der Waals surface area contributed by atoms with E-state index in [9.17, 15) is 9.59 Å². The summed E-state index contributed by atoms with van der Waals surface area (Å²) in [5.74, 6) is 0.135. The number of likely N-dealkylation sites (N-methyl/N-ethyl adjacent to an activating group) is 1. The fraction of sp³-hybridized carbons (Fsp3) is 0.353. The Balaban J connectivity index is 2.54. The third-order valence-corrected chi connectivity index (χ3v) is 3.14. The van der Waals surface area contributed by atoms with E-state index in [1.54, 1.807) is 31.3 Å². The van der Waals surface area contributed by atoms with E-state index in [2.05, 4.69) is 0 Å². The Morgan fingerprint density at radius 3 is 2.58 bits per heavy atom. The van der Waals surface area contributed by atoms with Gasteiger partial charge < -0.3 is 19.1 Å². The molecule has 0 atom stereocenters. The number of esters is 1. The largest absolute Gasteiger partial charge is 0.493 e. The molecule has 0 bridgehead atoms. The van der Waals surface area contributed by atoms with Crippen LogP contribution in [0.2, 0.25) is 0 Å². The number of nitriles is 1. The number of benzene rings is 1. The van der Waals surface area contributed by atoms with Crippen molar-refractivity contribution in [3.63, 3.8) is 0 Å². The van der Waals surface area contributed by atoms with Gasteiger partial charge in [-0.05, 0) is 23.8 Å². The third kappa shape index (κ3) is 6.01. The van der Waals surface area contributed by atoms with Crippen molar-refractivity contribution >= 4 is 18.0 Å². The van der Waals surface area contributed by atoms with Crippen LogP contribution in [-0.4, -0.2) is 51.2 Å². The lowest BCUT2D eigenvalue weighted by Crippen LogP contribution is -2.31. The van der Waals surface area contributed by atoms with E-state index < -0.39 is 5.97 Å². The first-order valence-corrected chi connectivity index (χ1v) is 7.19. The van der Waals surface area contributed by atoms with Crippen LogP contribution >= 0.6 is 0 Å². The summed E-state index contributed by atoms with van der Waals surface area (Å²) in [6.45, 7) is -0.0641. The summed E-state index contributed by atoms with van der Waals surface area (Å²) < 4.78 is 15.2. The second-order valence-electron chi connectivity index (χ2n) is 4.78. The molecule has 1 aromatic rings. The first-order chi connectivity index (χ1) is 11.5. The molecular formula is C17H20N2O5. The van der Waals surface area contributed by atoms with Crippen LogP contribution in [0.25, 0.3) is 6.08 Å². The summed E-state index contributed by atoms with van der Waals surface area (Å²) in [4.78, 5) is 24.7. The first-order valence-electron chi connectivity index (χ1n) is 7.19. The molecular weight excluding hydrogens is 312 g/mol. The van der Waals surface area contributed by atoms with Crippen LogP contribution in [0, 0.1) is 11.3 Å². The van der Waals surface area contributed by atoms with Crippen molar-refractivity contribution in [3.8, 4) is 17.6 Å². The molecule has 0 heterocycles. The van der Waals surface area contributed by atoms with Gasteiger partial charge in [-0.25, -0.2) is 4.79 Å². The van der Waals surface area contributed by atoms with Crippen molar-refractivity contribution in [1.29, 1.82) is 5.26 Å². The van der Waals surface area contributed by atoms with Crippen molar-refractivity contribution < 1.29 is 23.8 Å². The Hall–Kier alpha value is -3.01. The second kappa shape index (κ2) is 9.90. The van der Waals surface area contributed by atoms with Gasteiger partial charge in [-0.15, -0.1) is 0 Å². The smallest absolute Gasteiger partial charge is 0.331 e. The van der Waals surface area contributed by atoms with E-state index in [1.165, 1.54) is 25.2 Å². The zero-order valence-electron chi connectivity index (χ0n) is 13.9. The Labute approximate surface area is 141 Å². The number of methoxy groups -OCH3 is 2. The van der Waals surface area contributed by atoms with Crippen molar-refractivity contribution in [2.75, 3.05) is 34.4 Å². The predicted molar refractivity (Wildman–Crippen MR) is 87.4 cm³/mol. The highest BCUT2D eigenvalue weighted by Gasteiger charge is 2.10. The average molecular weight is 332 g/mol. The molecule has 0 spiro atoms. The minimum absolute atomic E-state index is 0.232. The summed E-state index contributed by atoms with van der Waals surface area (Å²) in [5, 5.41) is 8.46. The molecule has 0 aliphatic heterocycles. The Bertz CT molecular complexity index is 649. The molecule has 1 rings (SSSR count). The maximum Gasteiger partial charge on any atom is 0.331 e. The van der Waals surface area contributed by atoms with Crippen LogP contribution in [-0.2, 0) is 14.3 Å². The molecule has 0 radical (unpaired) electrons. The molecule has 7 nitrogen and oxygen atoms in total. The van der Waals surface area contributed by atoms with Gasteiger partial charge in [0.15, 0.2) is 18.1 Å². The van der Waals surface area contributed by atoms with E-state index in [4.69, 9.17) is 19.5 Å². The van der Waals surface area contributed by atoms with Crippen LogP contribution in [0.3, 0.4) is 0 Å². The zero-order chi connectivity index (χ0) is 17.9. The predicted octanol–water partition coefficient (Wildman–Crippen LogP) is 1.63. The molecule has 0 aliphatic carbocycles. The second-order valence-corrected chi connectivity index (χ2v) is 4.78. The van der Waals surface area contributed by atoms with Gasteiger partial charge in [0, 0.05) is 19.7 Å². The highest BCUT2D eigenvalue weighted by molar-refractivity contribution is 5.89. The minimum Gasteiger partial charge on any atom is -0.493 e. The highest BCUT2D eigenvalue weighted by atomic mass is 16.5. The zero-order valence-corrected chi connectivity index (χ0v) is 13.9. The van der Waals surface area contributed by atoms with Crippen molar-refractivity contribution in [2.24, 2.45) is 0 Å². The number of hydrogen-bond donors (Lipinski definition) is 0. The molecule has 0 unspecified atom stereocenters. The lowest BCUT2D eigenvalue weighted by Gasteiger charge is -2.14. The van der Waals surface area contributed by atoms with E-state index in [0.29, 0.717) is 18.0 Å². The van der Waals surface area contributed by atoms with Gasteiger partial charge in [0.1, 0.15) is 0 Å². The van der Waals surface area contributed by atoms with Crippen LogP contribution in [0.4, 0.5) is 0 Å². The number of carbonyl (C=O) groups is 2. The van der Waals surface area contributed by atoms with Gasteiger partial charge in [0.2, 0.25) is 0 Å². The molecule has 1 amide bonds. The third-order valence-electron chi connectivity index (χ3n) is 3.14. The van der Waals surface area contributed by atoms with Gasteiger partial charge in [-0.3, -0.25) is 4.79 Å². The lowest BCUT2D eigenvalue weighted by molar-refractivity contribution is -0.147. The van der Waals surface area contributed by atoms with Crippen LogP contribution in [0.15, 0.2) is 24.3 Å². The number of carbonyl (C=O) groups excluding carboxylic acids is 2. The number of amides is 1. The molecule has 0 aliphatic rings. The number of ether oxygens (including phenoxy) is 3. The van der Waals surface area contributed by atoms with Crippen molar-refractivity contribution in [1.82, 2.24) is 4.90 Å². The Kier molecular flexibility index (Phi) is 7.85. The standard InChI is InChI=1S/C17H20N2O5/c1-19(10-4-9-18)16(20)12-24-17(21)8-6-13-5-7-14(22-2)15(11-13)23-3/h5-8,11H,4,10,12H2,1-3H3/b8-6+. The number of nitrogens with zero attached hydrogens (tertiary/aromatic N) is 2. The highest BCUT2D eigenvalue weighted by Crippen LogP contribution is 2.27. The van der Waals surface area contributed by atoms with Gasteiger partial charge in [-0.2, -0.15) is 5.26 Å². The average Bonchev–Trinajstić information content (AvgIpc) is 2.61. The van der Waals surface area contributed by atoms with E-state index in [1.807, 2.05) is 6.07 Å². The Morgan fingerprint density at radius 2 is 1.96 bits per heavy atom. The lowest BCUT2D eigenvalue weighted by atomic mass is 10.2. The number of rotatable bonds is 8. The summed E-state index contributed by atoms with van der Waals surface area (Å²) in [5.41, 5.74) is 0.724. The number of hydrogen-bond acceptors (Lipinski definition) is 6. The Morgan fingerprint density at radius 1 is 1.25 bits per heavy atom. The maximum absolute atomic E-state index is 11.7. The summed E-state index contributed by atoms with van der Waals surface area (Å²) in [7, 11) is 4.61. The summed E-state index contributed by atoms with van der Waals surface area (Å²) in [6, 6.07) is 7.13. The molecule has 0 N–H and O–H groups in total. The molecule has 1 aromatic carbocycles. The molecule has 0 saturated heterocycles. The van der Waals surface area contributed by atoms with E-state index >= 15 is 0 Å². The molecule has 24 heavy (non-hydrogen) atoms. The summed E-state index contributed by atoms with van der Waals surface area (Å²) in [6.07, 6.45) is 3.01. The van der Waals surface area contributed by atoms with Gasteiger partial charge >= 0.3 is 5.97 Å². The normalized spacial score (nSPS) is 10.1. The van der Waals surface area contributed by atoms with Gasteiger partial charge in [0.25, 0.3) is 5.91 Å². The topological polar surface area (TPSA) is 88.9 Å². The molecule has 0 aromatic heterocycles. The summed E-state index contributed by atoms with van der Waals surface area (Å²) >= 11 is 0. The quantitative estimate of drug-likeness (QED) is 0.531. The van der Waals surface area contributed by atoms with E-state index in [-0.39, 0.29) is 18.9 Å². The van der Waals surface area contributed by atoms with Crippen molar-refractivity contribution in [3.05, 3.63) is 29.8 Å². The molecule has 0 saturated carbocycles. The molecule has 128 valence electrons. The van der Waals surface area contributed by atoms with Gasteiger partial charge in [0.05, 0.1) is 26.7 Å². The van der Waals surface area contributed by atoms with Gasteiger partial charge in [-0.1, -0.05) is 6.07 Å². The van der Waals surface area contributed by atoms with Crippen molar-refractivity contribution in [2.45, 2.75) is 6.42 Å². The fourth-order valence-corrected chi connectivity index (χ4v) is 1.75. The minimum atomic E-state index is -0.633. The van der Waals surface area contributed by atoms with Crippen LogP contribution in [0.1, 0.15) is 12.0 Å². The molecule has 7 heteroatoms. The van der Waals surface area contributed by atoms with E-state index in [0.717, 1.165) is 5.56 Å². The first kappa shape index (κ1) is 19.0. The maximum atomic E-state index is 11.7. The SMILES string of the molecule is COc1ccc(/C=C/C(=O)OCC(=O)N(C)CCC#N)cc1OC. The van der Waals surface area contributed by atoms with Crippen LogP contribution in [0.5, 0.6) is 11.5 Å². The van der Waals surface area contributed by atoms with Crippen LogP contribution < -0.4 is 9.47 Å². The molecule has 0 fully saturated rings. The monoisotopic (exact) mass is 332 g/mol. The fourth-order valence-electron chi connectivity index (χ4n) is 1.75.